The molecule has 1 saturated carbocycles. The summed E-state index contributed by atoms with van der Waals surface area (Å²) in [6, 6.07) is 7.09. The average Bonchev–Trinajstić information content (AvgIpc) is 3.38. The summed E-state index contributed by atoms with van der Waals surface area (Å²) in [7, 11) is -3.40. The van der Waals surface area contributed by atoms with Crippen molar-refractivity contribution < 1.29 is 36.6 Å². The third-order valence-electron chi connectivity index (χ3n) is 6.09. The van der Waals surface area contributed by atoms with Crippen LogP contribution in [0.25, 0.3) is 0 Å². The smallest absolute Gasteiger partial charge is 0.475 e. The van der Waals surface area contributed by atoms with Crippen LogP contribution in [0.1, 0.15) is 24.8 Å². The number of alkyl halides is 3. The molecule has 2 heterocycles. The van der Waals surface area contributed by atoms with Gasteiger partial charge in [-0.3, -0.25) is 4.90 Å². The van der Waals surface area contributed by atoms with E-state index >= 15 is 0 Å². The van der Waals surface area contributed by atoms with Gasteiger partial charge in [0.15, 0.2) is 0 Å². The van der Waals surface area contributed by atoms with Gasteiger partial charge in [-0.2, -0.15) is 17.5 Å². The SMILES string of the molecule is Cc1ccc(S(=O)(=O)N2CC3(CC(CO)CN3CC3CC3)C2)cc1.O=C(O)C(F)(F)F. The van der Waals surface area contributed by atoms with E-state index in [1.807, 2.05) is 19.1 Å². The first-order valence-electron chi connectivity index (χ1n) is 10.1. The van der Waals surface area contributed by atoms with Crippen LogP contribution in [-0.2, 0) is 14.8 Å². The molecular weight excluding hydrogens is 437 g/mol. The largest absolute Gasteiger partial charge is 0.490 e. The molecule has 31 heavy (non-hydrogen) atoms. The summed E-state index contributed by atoms with van der Waals surface area (Å²) in [6.45, 7) is 5.26. The molecule has 1 unspecified atom stereocenters. The molecule has 1 aromatic rings. The van der Waals surface area contributed by atoms with E-state index in [4.69, 9.17) is 9.90 Å². The van der Waals surface area contributed by atoms with Crippen molar-refractivity contribution in [1.29, 1.82) is 0 Å². The first-order valence-corrected chi connectivity index (χ1v) is 11.5. The van der Waals surface area contributed by atoms with E-state index in [-0.39, 0.29) is 18.1 Å². The summed E-state index contributed by atoms with van der Waals surface area (Å²) < 4.78 is 59.0. The van der Waals surface area contributed by atoms with Crippen molar-refractivity contribution in [3.8, 4) is 0 Å². The predicted molar refractivity (Wildman–Crippen MR) is 106 cm³/mol. The Hall–Kier alpha value is -1.69. The van der Waals surface area contributed by atoms with Gasteiger partial charge < -0.3 is 10.2 Å². The number of hydrogen-bond donors (Lipinski definition) is 2. The number of likely N-dealkylation sites (tertiary alicyclic amines) is 1. The minimum Gasteiger partial charge on any atom is -0.475 e. The third-order valence-corrected chi connectivity index (χ3v) is 7.90. The minimum absolute atomic E-state index is 0.0479. The van der Waals surface area contributed by atoms with E-state index in [2.05, 4.69) is 4.90 Å². The van der Waals surface area contributed by atoms with Gasteiger partial charge in [-0.15, -0.1) is 0 Å². The third kappa shape index (κ3) is 5.39. The van der Waals surface area contributed by atoms with Gasteiger partial charge in [-0.1, -0.05) is 17.7 Å². The molecule has 1 aliphatic carbocycles. The lowest BCUT2D eigenvalue weighted by molar-refractivity contribution is -0.192. The fourth-order valence-corrected chi connectivity index (χ4v) is 5.81. The molecule has 7 nitrogen and oxygen atoms in total. The Morgan fingerprint density at radius 1 is 1.16 bits per heavy atom. The van der Waals surface area contributed by atoms with Gasteiger partial charge in [-0.05, 0) is 50.2 Å². The van der Waals surface area contributed by atoms with Crippen molar-refractivity contribution in [2.75, 3.05) is 32.8 Å². The zero-order valence-corrected chi connectivity index (χ0v) is 18.0. The van der Waals surface area contributed by atoms with Gasteiger partial charge in [0, 0.05) is 38.3 Å². The lowest BCUT2D eigenvalue weighted by Gasteiger charge is -2.52. The number of carbonyl (C=O) groups is 1. The molecule has 3 fully saturated rings. The number of rotatable bonds is 5. The summed E-state index contributed by atoms with van der Waals surface area (Å²) in [6.07, 6.45) is -1.58. The number of aryl methyl sites for hydroxylation is 1. The van der Waals surface area contributed by atoms with Gasteiger partial charge in [0.1, 0.15) is 0 Å². The Kier molecular flexibility index (Phi) is 6.71. The summed E-state index contributed by atoms with van der Waals surface area (Å²) in [5.74, 6) is -1.69. The zero-order valence-electron chi connectivity index (χ0n) is 17.2. The molecule has 1 aromatic carbocycles. The van der Waals surface area contributed by atoms with Gasteiger partial charge >= 0.3 is 12.1 Å². The second-order valence-electron chi connectivity index (χ2n) is 8.71. The number of carboxylic acid groups (broad SMARTS) is 1. The molecule has 0 amide bonds. The Labute approximate surface area is 179 Å². The molecule has 0 radical (unpaired) electrons. The Bertz CT molecular complexity index is 894. The van der Waals surface area contributed by atoms with Gasteiger partial charge in [0.05, 0.1) is 4.90 Å². The first kappa shape index (κ1) is 24.0. The van der Waals surface area contributed by atoms with Crippen molar-refractivity contribution in [2.45, 2.75) is 42.8 Å². The van der Waals surface area contributed by atoms with Crippen molar-refractivity contribution in [3.05, 3.63) is 29.8 Å². The molecule has 1 spiro atoms. The highest BCUT2D eigenvalue weighted by Crippen LogP contribution is 2.44. The molecule has 3 aliphatic rings. The first-order chi connectivity index (χ1) is 14.4. The number of carboxylic acids is 1. The van der Waals surface area contributed by atoms with Crippen LogP contribution >= 0.6 is 0 Å². The van der Waals surface area contributed by atoms with E-state index in [1.165, 1.54) is 12.8 Å². The number of aliphatic hydroxyl groups is 1. The molecule has 4 rings (SSSR count). The van der Waals surface area contributed by atoms with Crippen LogP contribution in [0, 0.1) is 18.8 Å². The fourth-order valence-electron chi connectivity index (χ4n) is 4.21. The lowest BCUT2D eigenvalue weighted by Crippen LogP contribution is -2.69. The molecule has 2 saturated heterocycles. The van der Waals surface area contributed by atoms with E-state index in [9.17, 15) is 26.7 Å². The van der Waals surface area contributed by atoms with Crippen LogP contribution in [0.5, 0.6) is 0 Å². The number of aliphatic hydroxyl groups excluding tert-OH is 1. The van der Waals surface area contributed by atoms with Crippen molar-refractivity contribution in [1.82, 2.24) is 9.21 Å². The Balaban J connectivity index is 0.000000339. The molecule has 11 heteroatoms. The van der Waals surface area contributed by atoms with Crippen LogP contribution in [0.15, 0.2) is 29.2 Å². The number of benzene rings is 1. The quantitative estimate of drug-likeness (QED) is 0.693. The van der Waals surface area contributed by atoms with E-state index < -0.39 is 22.2 Å². The molecule has 2 N–H and O–H groups in total. The van der Waals surface area contributed by atoms with Gasteiger partial charge in [0.2, 0.25) is 10.0 Å². The molecular formula is C20H27F3N2O5S. The molecule has 174 valence electrons. The molecule has 0 aromatic heterocycles. The summed E-state index contributed by atoms with van der Waals surface area (Å²) in [5, 5.41) is 16.7. The monoisotopic (exact) mass is 464 g/mol. The molecule has 2 aliphatic heterocycles. The Morgan fingerprint density at radius 2 is 1.71 bits per heavy atom. The average molecular weight is 465 g/mol. The second kappa shape index (κ2) is 8.68. The zero-order chi connectivity index (χ0) is 23.0. The van der Waals surface area contributed by atoms with Crippen molar-refractivity contribution in [3.63, 3.8) is 0 Å². The number of hydrogen-bond acceptors (Lipinski definition) is 5. The predicted octanol–water partition coefficient (Wildman–Crippen LogP) is 2.10. The standard InChI is InChI=1S/C18H26N2O3S.C2HF3O2/c1-14-2-6-17(7-3-14)24(22,23)20-12-18(13-20)8-16(11-21)10-19(18)9-15-4-5-15;3-2(4,5)1(6)7/h2-3,6-7,15-16,21H,4-5,8-13H2,1H3;(H,6,7). The van der Waals surface area contributed by atoms with Crippen LogP contribution in [0.4, 0.5) is 13.2 Å². The normalized spacial score (nSPS) is 23.8. The maximum Gasteiger partial charge on any atom is 0.490 e. The summed E-state index contributed by atoms with van der Waals surface area (Å²) >= 11 is 0. The highest BCUT2D eigenvalue weighted by molar-refractivity contribution is 7.89. The summed E-state index contributed by atoms with van der Waals surface area (Å²) in [5.41, 5.74) is 1.01. The summed E-state index contributed by atoms with van der Waals surface area (Å²) in [4.78, 5) is 11.7. The second-order valence-corrected chi connectivity index (χ2v) is 10.7. The minimum atomic E-state index is -5.08. The molecule has 1 atom stereocenters. The lowest BCUT2D eigenvalue weighted by atomic mass is 9.86. The number of aliphatic carboxylic acids is 1. The van der Waals surface area contributed by atoms with Crippen LogP contribution in [0.3, 0.4) is 0 Å². The van der Waals surface area contributed by atoms with E-state index in [0.29, 0.717) is 18.0 Å². The number of nitrogens with zero attached hydrogens (tertiary/aromatic N) is 2. The van der Waals surface area contributed by atoms with Crippen molar-refractivity contribution >= 4 is 16.0 Å². The highest BCUT2D eigenvalue weighted by atomic mass is 32.2. The number of halogens is 3. The van der Waals surface area contributed by atoms with Gasteiger partial charge in [0.25, 0.3) is 0 Å². The van der Waals surface area contributed by atoms with E-state index in [0.717, 1.165) is 31.0 Å². The van der Waals surface area contributed by atoms with Crippen molar-refractivity contribution in [2.24, 2.45) is 11.8 Å². The molecule has 0 bridgehead atoms. The maximum atomic E-state index is 12.8. The van der Waals surface area contributed by atoms with Gasteiger partial charge in [-0.25, -0.2) is 13.2 Å². The maximum absolute atomic E-state index is 12.8. The highest BCUT2D eigenvalue weighted by Gasteiger charge is 2.56. The Morgan fingerprint density at radius 3 is 2.16 bits per heavy atom. The van der Waals surface area contributed by atoms with Crippen LogP contribution in [0.2, 0.25) is 0 Å². The fraction of sp³-hybridized carbons (Fsp3) is 0.650. The van der Waals surface area contributed by atoms with Crippen LogP contribution in [-0.4, -0.2) is 78.3 Å². The number of sulfonamides is 1. The topological polar surface area (TPSA) is 98.2 Å². The van der Waals surface area contributed by atoms with Crippen LogP contribution < -0.4 is 0 Å². The van der Waals surface area contributed by atoms with E-state index in [1.54, 1.807) is 16.4 Å².